The number of sulfonamides is 1. The fourth-order valence-electron chi connectivity index (χ4n) is 4.31. The molecule has 150 valence electrons. The molecular weight excluding hydrogens is 385 g/mol. The summed E-state index contributed by atoms with van der Waals surface area (Å²) in [4.78, 5) is 0. The van der Waals surface area contributed by atoms with E-state index in [2.05, 4.69) is 10.6 Å². The molecule has 3 fully saturated rings. The van der Waals surface area contributed by atoms with Crippen molar-refractivity contribution in [3.8, 4) is 0 Å². The van der Waals surface area contributed by atoms with Gasteiger partial charge in [-0.15, -0.1) is 24.8 Å². The van der Waals surface area contributed by atoms with E-state index in [4.69, 9.17) is 4.74 Å². The molecule has 3 rings (SSSR count). The van der Waals surface area contributed by atoms with Crippen molar-refractivity contribution in [2.24, 2.45) is 5.41 Å². The first-order valence-corrected chi connectivity index (χ1v) is 10.8. The van der Waals surface area contributed by atoms with E-state index in [-0.39, 0.29) is 30.9 Å². The lowest BCUT2D eigenvalue weighted by molar-refractivity contribution is -0.00320. The lowest BCUT2D eigenvalue weighted by atomic mass is 9.67. The third-order valence-corrected chi connectivity index (χ3v) is 7.18. The first-order chi connectivity index (χ1) is 11.0. The maximum Gasteiger partial charge on any atom is 0.211 e. The minimum Gasteiger partial charge on any atom is -0.374 e. The zero-order valence-corrected chi connectivity index (χ0v) is 17.5. The SMILES string of the molecule is CS(=O)(=O)N1CCOC(CNC2CCC3(CCNCC3)CC2)C1.Cl.Cl. The molecule has 1 unspecified atom stereocenters. The maximum atomic E-state index is 11.7. The van der Waals surface area contributed by atoms with Gasteiger partial charge >= 0.3 is 0 Å². The molecule has 25 heavy (non-hydrogen) atoms. The molecule has 3 aliphatic rings. The monoisotopic (exact) mass is 417 g/mol. The van der Waals surface area contributed by atoms with Crippen molar-refractivity contribution in [3.63, 3.8) is 0 Å². The van der Waals surface area contributed by atoms with Crippen molar-refractivity contribution in [3.05, 3.63) is 0 Å². The minimum atomic E-state index is -3.10. The highest BCUT2D eigenvalue weighted by Gasteiger charge is 2.36. The van der Waals surface area contributed by atoms with Gasteiger partial charge in [-0.25, -0.2) is 8.42 Å². The van der Waals surface area contributed by atoms with E-state index in [1.54, 1.807) is 0 Å². The fourth-order valence-corrected chi connectivity index (χ4v) is 5.15. The van der Waals surface area contributed by atoms with Crippen LogP contribution in [0, 0.1) is 5.41 Å². The molecule has 2 heterocycles. The molecule has 6 nitrogen and oxygen atoms in total. The van der Waals surface area contributed by atoms with Crippen LogP contribution in [0.2, 0.25) is 0 Å². The van der Waals surface area contributed by atoms with Crippen LogP contribution in [0.15, 0.2) is 0 Å². The molecular formula is C16H33Cl2N3O3S. The largest absolute Gasteiger partial charge is 0.374 e. The molecule has 2 aliphatic heterocycles. The van der Waals surface area contributed by atoms with E-state index in [0.717, 1.165) is 6.54 Å². The number of hydrogen-bond acceptors (Lipinski definition) is 5. The van der Waals surface area contributed by atoms with Gasteiger partial charge in [0, 0.05) is 25.7 Å². The molecule has 0 amide bonds. The molecule has 0 aromatic heterocycles. The number of hydrogen-bond donors (Lipinski definition) is 2. The average molecular weight is 418 g/mol. The predicted molar refractivity (Wildman–Crippen MR) is 105 cm³/mol. The van der Waals surface area contributed by atoms with E-state index in [1.807, 2.05) is 0 Å². The van der Waals surface area contributed by atoms with Crippen molar-refractivity contribution in [1.29, 1.82) is 0 Å². The Kier molecular flexibility index (Phi) is 9.42. The standard InChI is InChI=1S/C16H31N3O3S.2ClH/c1-23(20,21)19-10-11-22-15(13-19)12-18-14-2-4-16(5-3-14)6-8-17-9-7-16;;/h14-15,17-18H,2-13H2,1H3;2*1H. The fraction of sp³-hybridized carbons (Fsp3) is 1.00. The van der Waals surface area contributed by atoms with E-state index in [0.29, 0.717) is 31.2 Å². The highest BCUT2D eigenvalue weighted by molar-refractivity contribution is 7.88. The third kappa shape index (κ3) is 6.48. The Balaban J connectivity index is 0.00000156. The topological polar surface area (TPSA) is 70.7 Å². The summed E-state index contributed by atoms with van der Waals surface area (Å²) in [5.74, 6) is 0. The van der Waals surface area contributed by atoms with E-state index >= 15 is 0 Å². The van der Waals surface area contributed by atoms with Crippen LogP contribution < -0.4 is 10.6 Å². The number of rotatable bonds is 4. The Hall–Kier alpha value is 0.370. The van der Waals surface area contributed by atoms with Gasteiger partial charge in [0.2, 0.25) is 10.0 Å². The molecule has 1 atom stereocenters. The lowest BCUT2D eigenvalue weighted by Gasteiger charge is -2.43. The van der Waals surface area contributed by atoms with Crippen LogP contribution in [0.5, 0.6) is 0 Å². The maximum absolute atomic E-state index is 11.7. The number of nitrogens with one attached hydrogen (secondary N) is 2. The quantitative estimate of drug-likeness (QED) is 0.722. The summed E-state index contributed by atoms with van der Waals surface area (Å²) in [6.45, 7) is 4.57. The minimum absolute atomic E-state index is 0. The van der Waals surface area contributed by atoms with Gasteiger partial charge in [0.05, 0.1) is 19.0 Å². The van der Waals surface area contributed by atoms with Gasteiger partial charge in [0.15, 0.2) is 0 Å². The zero-order chi connectivity index (χ0) is 16.3. The van der Waals surface area contributed by atoms with Gasteiger partial charge in [0.1, 0.15) is 0 Å². The van der Waals surface area contributed by atoms with Crippen LogP contribution in [0.3, 0.4) is 0 Å². The van der Waals surface area contributed by atoms with Gasteiger partial charge in [-0.05, 0) is 57.0 Å². The van der Waals surface area contributed by atoms with Crippen LogP contribution in [0.1, 0.15) is 38.5 Å². The third-order valence-electron chi connectivity index (χ3n) is 5.92. The summed E-state index contributed by atoms with van der Waals surface area (Å²) in [5, 5.41) is 7.09. The summed E-state index contributed by atoms with van der Waals surface area (Å²) in [5.41, 5.74) is 0.595. The Morgan fingerprint density at radius 3 is 2.40 bits per heavy atom. The molecule has 1 aliphatic carbocycles. The van der Waals surface area contributed by atoms with Crippen molar-refractivity contribution in [2.75, 3.05) is 45.6 Å². The Morgan fingerprint density at radius 2 is 1.80 bits per heavy atom. The molecule has 0 aromatic rings. The average Bonchev–Trinajstić information content (AvgIpc) is 2.55. The van der Waals surface area contributed by atoms with Crippen molar-refractivity contribution >= 4 is 34.8 Å². The first kappa shape index (κ1) is 23.4. The van der Waals surface area contributed by atoms with E-state index < -0.39 is 10.0 Å². The van der Waals surface area contributed by atoms with Crippen LogP contribution in [-0.4, -0.2) is 70.5 Å². The number of halogens is 2. The zero-order valence-electron chi connectivity index (χ0n) is 15.0. The number of nitrogens with zero attached hydrogens (tertiary/aromatic N) is 1. The highest BCUT2D eigenvalue weighted by atomic mass is 35.5. The van der Waals surface area contributed by atoms with Gasteiger partial charge in [-0.1, -0.05) is 0 Å². The Morgan fingerprint density at radius 1 is 1.16 bits per heavy atom. The summed E-state index contributed by atoms with van der Waals surface area (Å²) in [6.07, 6.45) is 9.05. The van der Waals surface area contributed by atoms with Gasteiger partial charge in [-0.2, -0.15) is 4.31 Å². The molecule has 2 saturated heterocycles. The summed E-state index contributed by atoms with van der Waals surface area (Å²) < 4.78 is 30.6. The second kappa shape index (κ2) is 10.1. The summed E-state index contributed by atoms with van der Waals surface area (Å²) >= 11 is 0. The van der Waals surface area contributed by atoms with E-state index in [9.17, 15) is 8.42 Å². The molecule has 1 spiro atoms. The van der Waals surface area contributed by atoms with Crippen LogP contribution >= 0.6 is 24.8 Å². The van der Waals surface area contributed by atoms with Crippen LogP contribution in [0.25, 0.3) is 0 Å². The molecule has 0 aromatic carbocycles. The van der Waals surface area contributed by atoms with Crippen molar-refractivity contribution < 1.29 is 13.2 Å². The summed E-state index contributed by atoms with van der Waals surface area (Å²) in [7, 11) is -3.10. The van der Waals surface area contributed by atoms with E-state index in [1.165, 1.54) is 62.2 Å². The predicted octanol–water partition coefficient (Wildman–Crippen LogP) is 1.39. The Labute approximate surface area is 164 Å². The second-order valence-electron chi connectivity index (χ2n) is 7.55. The van der Waals surface area contributed by atoms with Crippen LogP contribution in [0.4, 0.5) is 0 Å². The van der Waals surface area contributed by atoms with Gasteiger partial charge < -0.3 is 15.4 Å². The molecule has 0 bridgehead atoms. The van der Waals surface area contributed by atoms with Gasteiger partial charge in [-0.3, -0.25) is 0 Å². The van der Waals surface area contributed by atoms with Crippen molar-refractivity contribution in [1.82, 2.24) is 14.9 Å². The van der Waals surface area contributed by atoms with Crippen molar-refractivity contribution in [2.45, 2.75) is 50.7 Å². The number of piperidine rings is 1. The summed E-state index contributed by atoms with van der Waals surface area (Å²) in [6, 6.07) is 0.563. The first-order valence-electron chi connectivity index (χ1n) is 8.98. The number of morpholine rings is 1. The normalized spacial score (nSPS) is 28.1. The van der Waals surface area contributed by atoms with Gasteiger partial charge in [0.25, 0.3) is 0 Å². The second-order valence-corrected chi connectivity index (χ2v) is 9.53. The number of ether oxygens (including phenoxy) is 1. The highest BCUT2D eigenvalue weighted by Crippen LogP contribution is 2.43. The molecule has 1 saturated carbocycles. The van der Waals surface area contributed by atoms with Crippen LogP contribution in [-0.2, 0) is 14.8 Å². The lowest BCUT2D eigenvalue weighted by Crippen LogP contribution is -2.50. The smallest absolute Gasteiger partial charge is 0.211 e. The molecule has 0 radical (unpaired) electrons. The molecule has 2 N–H and O–H groups in total. The molecule has 9 heteroatoms. The Bertz CT molecular complexity index is 491.